The van der Waals surface area contributed by atoms with E-state index in [9.17, 15) is 0 Å². The van der Waals surface area contributed by atoms with Gasteiger partial charge in [0.1, 0.15) is 0 Å². The van der Waals surface area contributed by atoms with Crippen LogP contribution in [0.3, 0.4) is 0 Å². The Morgan fingerprint density at radius 2 is 0.402 bits per heavy atom. The van der Waals surface area contributed by atoms with E-state index < -0.39 is 0 Å². The minimum Gasteiger partial charge on any atom is -0.265 e. The van der Waals surface area contributed by atoms with Crippen molar-refractivity contribution in [1.82, 2.24) is 69.8 Å². The van der Waals surface area contributed by atoms with Crippen LogP contribution in [0.1, 0.15) is 0 Å². The predicted octanol–water partition coefficient (Wildman–Crippen LogP) is 28.5. The molecule has 0 aliphatic heterocycles. The topological polar surface area (TPSA) is 180 Å². The second-order valence-electron chi connectivity index (χ2n) is 32.1. The van der Waals surface area contributed by atoms with Crippen LogP contribution >= 0.6 is 0 Å². The van der Waals surface area contributed by atoms with Crippen LogP contribution in [0.4, 0.5) is 0 Å². The van der Waals surface area contributed by atoms with Crippen molar-refractivity contribution in [2.24, 2.45) is 0 Å². The van der Waals surface area contributed by atoms with Gasteiger partial charge in [-0.3, -0.25) is 49.8 Å². The number of hydrogen-bond donors (Lipinski definition) is 0. The molecule has 0 fully saturated rings. The lowest BCUT2D eigenvalue weighted by atomic mass is 9.93. The van der Waals surface area contributed by atoms with Crippen molar-refractivity contribution in [2.75, 3.05) is 0 Å². The third-order valence-electron chi connectivity index (χ3n) is 24.0. The molecule has 0 amide bonds. The summed E-state index contributed by atoms with van der Waals surface area (Å²) in [6.45, 7) is 0. The van der Waals surface area contributed by atoms with Crippen molar-refractivity contribution in [3.8, 4) is 168 Å². The van der Waals surface area contributed by atoms with E-state index in [1.165, 1.54) is 0 Å². The number of aromatic nitrogens is 14. The number of hydrogen-bond acceptors (Lipinski definition) is 14. The van der Waals surface area contributed by atoms with Gasteiger partial charge in [0, 0.05) is 165 Å². The average Bonchev–Trinajstić information content (AvgIpc) is 0.756. The highest BCUT2D eigenvalue weighted by Gasteiger charge is 2.21. The zero-order valence-corrected chi connectivity index (χ0v) is 71.1. The molecule has 132 heavy (non-hydrogen) atoms. The van der Waals surface area contributed by atoms with E-state index in [1.807, 2.05) is 190 Å². The Labute approximate surface area is 761 Å². The fourth-order valence-electron chi connectivity index (χ4n) is 17.4. The first-order valence-electron chi connectivity index (χ1n) is 43.6. The Morgan fingerprint density at radius 3 is 0.773 bits per heavy atom. The van der Waals surface area contributed by atoms with E-state index in [-0.39, 0.29) is 0 Å². The number of benzene rings is 10. The van der Waals surface area contributed by atoms with E-state index in [2.05, 4.69) is 289 Å². The van der Waals surface area contributed by atoms with Crippen molar-refractivity contribution >= 4 is 65.4 Å². The molecule has 24 aromatic rings. The van der Waals surface area contributed by atoms with Crippen LogP contribution in [0, 0.1) is 0 Å². The van der Waals surface area contributed by atoms with Crippen molar-refractivity contribution in [3.63, 3.8) is 0 Å². The Hall–Kier alpha value is -18.1. The lowest BCUT2D eigenvalue weighted by molar-refractivity contribution is 1.26. The maximum absolute atomic E-state index is 5.26. The summed E-state index contributed by atoms with van der Waals surface area (Å²) >= 11 is 0. The van der Waals surface area contributed by atoms with Gasteiger partial charge in [0.25, 0.3) is 0 Å². The number of pyridine rings is 14. The van der Waals surface area contributed by atoms with Gasteiger partial charge in [-0.2, -0.15) is 0 Å². The highest BCUT2D eigenvalue weighted by atomic mass is 14.8. The van der Waals surface area contributed by atoms with Crippen molar-refractivity contribution in [1.29, 1.82) is 0 Å². The highest BCUT2D eigenvalue weighted by Crippen LogP contribution is 2.43. The maximum Gasteiger partial charge on any atom is 0.0978 e. The first kappa shape index (κ1) is 79.7. The van der Waals surface area contributed by atoms with Gasteiger partial charge in [-0.05, 0) is 252 Å². The van der Waals surface area contributed by atoms with Gasteiger partial charge in [-0.1, -0.05) is 212 Å². The van der Waals surface area contributed by atoms with E-state index in [0.29, 0.717) is 0 Å². The summed E-state index contributed by atoms with van der Waals surface area (Å²) in [5.74, 6) is 0. The Bertz CT molecular complexity index is 8140. The summed E-state index contributed by atoms with van der Waals surface area (Å²) in [4.78, 5) is 64.9. The molecule has 0 saturated heterocycles. The molecular formula is C118H76N14. The van der Waals surface area contributed by atoms with Crippen LogP contribution in [0.25, 0.3) is 233 Å². The molecule has 14 nitrogen and oxygen atoms in total. The van der Waals surface area contributed by atoms with Crippen LogP contribution in [0.2, 0.25) is 0 Å². The van der Waals surface area contributed by atoms with Gasteiger partial charge in [0.15, 0.2) is 0 Å². The molecule has 0 saturated carbocycles. The van der Waals surface area contributed by atoms with E-state index in [1.54, 1.807) is 24.8 Å². The molecule has 24 rings (SSSR count). The summed E-state index contributed by atoms with van der Waals surface area (Å²) < 4.78 is 0. The minimum atomic E-state index is 0.861. The lowest BCUT2D eigenvalue weighted by Gasteiger charge is -2.14. The van der Waals surface area contributed by atoms with E-state index in [4.69, 9.17) is 29.9 Å². The molecule has 0 N–H and O–H groups in total. The standard InChI is InChI=1S/C45H29N5.C39H25N5.C34H22N4/c1-3-9-31(10-4-1)37-21-24-48-44-38(37)19-20-39-40(27-43(50-45(39)44)33-11-5-2-6-12-33)32-17-15-30(16-18-32)36-25-41(34-13-7-22-46-28-34)49-42(26-36)35-14-8-23-47-29-35;1-2-7-28(8-3-1)37-23-34(33-17-16-29-9-6-20-42-38(29)39(33)44-37)27-14-12-26(13-15-27)32-21-35(30-10-4-18-40-24-30)43-36(22-32)31-11-5-19-41-25-31;1-2-27-7-8-32-31(13-19-38-34(32)33(27)37-14-1)26-5-3-23(4-6-26)28-20-29(24-9-15-35-16-10-24)22-30(21-28)25-11-17-36-18-12-25/h1-29H;1-25H;1-22H. The van der Waals surface area contributed by atoms with Crippen LogP contribution in [0.15, 0.2) is 463 Å². The van der Waals surface area contributed by atoms with Gasteiger partial charge in [-0.15, -0.1) is 0 Å². The first-order chi connectivity index (χ1) is 65.4. The second kappa shape index (κ2) is 36.1. The molecule has 0 aliphatic carbocycles. The number of rotatable bonds is 15. The quantitative estimate of drug-likeness (QED) is 0.0884. The van der Waals surface area contributed by atoms with Gasteiger partial charge in [-0.25, -0.2) is 19.9 Å². The summed E-state index contributed by atoms with van der Waals surface area (Å²) in [5, 5.41) is 6.49. The zero-order valence-electron chi connectivity index (χ0n) is 71.1. The number of fused-ring (bicyclic) bond motifs is 9. The molecule has 0 bridgehead atoms. The predicted molar refractivity (Wildman–Crippen MR) is 535 cm³/mol. The fourth-order valence-corrected chi connectivity index (χ4v) is 17.4. The van der Waals surface area contributed by atoms with Crippen molar-refractivity contribution < 1.29 is 0 Å². The summed E-state index contributed by atoms with van der Waals surface area (Å²) in [6.07, 6.45) is 29.3. The van der Waals surface area contributed by atoms with Gasteiger partial charge >= 0.3 is 0 Å². The van der Waals surface area contributed by atoms with Crippen molar-refractivity contribution in [3.05, 3.63) is 463 Å². The van der Waals surface area contributed by atoms with E-state index >= 15 is 0 Å². The molecule has 0 atom stereocenters. The molecule has 0 radical (unpaired) electrons. The summed E-state index contributed by atoms with van der Waals surface area (Å²) in [5.41, 5.74) is 37.0. The molecule has 10 aromatic carbocycles. The van der Waals surface area contributed by atoms with Crippen LogP contribution < -0.4 is 0 Å². The molecule has 14 aromatic heterocycles. The van der Waals surface area contributed by atoms with Crippen LogP contribution in [0.5, 0.6) is 0 Å². The summed E-state index contributed by atoms with van der Waals surface area (Å²) in [7, 11) is 0. The molecule has 0 spiro atoms. The third-order valence-corrected chi connectivity index (χ3v) is 24.0. The average molecular weight is 1690 g/mol. The first-order valence-corrected chi connectivity index (χ1v) is 43.6. The third kappa shape index (κ3) is 16.5. The van der Waals surface area contributed by atoms with Gasteiger partial charge in [0.05, 0.1) is 67.3 Å². The molecular weight excluding hydrogens is 1610 g/mol. The highest BCUT2D eigenvalue weighted by molar-refractivity contribution is 6.14. The van der Waals surface area contributed by atoms with Crippen molar-refractivity contribution in [2.45, 2.75) is 0 Å². The zero-order chi connectivity index (χ0) is 87.9. The lowest BCUT2D eigenvalue weighted by Crippen LogP contribution is -1.94. The Kier molecular flexibility index (Phi) is 21.8. The van der Waals surface area contributed by atoms with Crippen LogP contribution in [-0.4, -0.2) is 69.8 Å². The SMILES string of the molecule is c1ccc(-c2cc(-c3ccc(-c4cc(-c5cccnc5)nc(-c5cccnc5)c4)cc3)c3ccc4c(-c5ccccc5)ccnc4c3n2)cc1.c1ccc(-c2cc(-c3ccc(-c4cc(-c5cccnc5)nc(-c5cccnc5)c4)cc3)c3ccc4cccnc4c3n2)cc1.c1cnc2c(c1)ccc1c(-c3ccc(-c4cc(-c5ccncc5)cc(-c5ccncc5)c4)cc3)ccnc12. The molecule has 14 heteroatoms. The maximum atomic E-state index is 5.26. The second-order valence-corrected chi connectivity index (χ2v) is 32.1. The molecule has 618 valence electrons. The molecule has 0 aliphatic rings. The minimum absolute atomic E-state index is 0.861. The Morgan fingerprint density at radius 1 is 0.129 bits per heavy atom. The normalized spacial score (nSPS) is 11.2. The van der Waals surface area contributed by atoms with Gasteiger partial charge < -0.3 is 0 Å². The smallest absolute Gasteiger partial charge is 0.0978 e. The fraction of sp³-hybridized carbons (Fsp3) is 0. The molecule has 0 unspecified atom stereocenters. The van der Waals surface area contributed by atoms with Gasteiger partial charge in [0.2, 0.25) is 0 Å². The van der Waals surface area contributed by atoms with E-state index in [0.717, 1.165) is 233 Å². The largest absolute Gasteiger partial charge is 0.265 e. The summed E-state index contributed by atoms with van der Waals surface area (Å²) in [6, 6.07) is 126. The monoisotopic (exact) mass is 1690 g/mol. The number of nitrogens with zero attached hydrogens (tertiary/aromatic N) is 14. The Balaban J connectivity index is 0.000000117. The molecule has 14 heterocycles. The van der Waals surface area contributed by atoms with Crippen LogP contribution in [-0.2, 0) is 0 Å².